The van der Waals surface area contributed by atoms with Crippen LogP contribution in [-0.4, -0.2) is 14.1 Å². The van der Waals surface area contributed by atoms with Gasteiger partial charge in [0.15, 0.2) is 0 Å². The third-order valence-electron chi connectivity index (χ3n) is 5.71. The molecule has 1 aliphatic rings. The minimum absolute atomic E-state index is 0.204. The highest BCUT2D eigenvalue weighted by atomic mass is 32.2. The van der Waals surface area contributed by atoms with Crippen LogP contribution in [0, 0.1) is 6.92 Å². The number of hydrazone groups is 1. The first-order chi connectivity index (χ1) is 15.0. The minimum atomic E-state index is -3.75. The molecule has 0 saturated carbocycles. The fourth-order valence-electron chi connectivity index (χ4n) is 4.18. The van der Waals surface area contributed by atoms with Gasteiger partial charge in [0.25, 0.3) is 10.0 Å². The number of benzene rings is 3. The summed E-state index contributed by atoms with van der Waals surface area (Å²) in [7, 11) is -3.75. The lowest BCUT2D eigenvalue weighted by molar-refractivity contribution is 0.584. The van der Waals surface area contributed by atoms with Crippen LogP contribution >= 0.6 is 0 Å². The molecule has 0 bridgehead atoms. The van der Waals surface area contributed by atoms with Gasteiger partial charge in [0.05, 0.1) is 10.6 Å². The van der Waals surface area contributed by atoms with Crippen LogP contribution < -0.4 is 4.83 Å². The van der Waals surface area contributed by atoms with E-state index in [4.69, 9.17) is 0 Å². The maximum atomic E-state index is 12.9. The number of sulfonamides is 1. The molecular weight excluding hydrogens is 404 g/mol. The van der Waals surface area contributed by atoms with Gasteiger partial charge in [-0.15, -0.1) is 5.73 Å². The molecule has 0 amide bonds. The number of allylic oxidation sites excluding steroid dienone is 1. The summed E-state index contributed by atoms with van der Waals surface area (Å²) >= 11 is 0. The molecule has 0 aliphatic heterocycles. The summed E-state index contributed by atoms with van der Waals surface area (Å²) in [6.07, 6.45) is 6.27. The van der Waals surface area contributed by atoms with Gasteiger partial charge in [-0.25, -0.2) is 0 Å². The monoisotopic (exact) mass is 430 g/mol. The number of nitrogens with one attached hydrogen (secondary N) is 1. The van der Waals surface area contributed by atoms with Crippen LogP contribution in [0.3, 0.4) is 0 Å². The fourth-order valence-corrected chi connectivity index (χ4v) is 5.01. The number of nitrogens with zero attached hydrogens (tertiary/aromatic N) is 1. The van der Waals surface area contributed by atoms with Gasteiger partial charge in [-0.3, -0.25) is 0 Å². The van der Waals surface area contributed by atoms with E-state index in [1.165, 1.54) is 11.1 Å². The van der Waals surface area contributed by atoms with E-state index in [0.29, 0.717) is 12.8 Å². The molecule has 0 aromatic heterocycles. The number of fused-ring (bicyclic) bond motifs is 2. The molecule has 158 valence electrons. The molecule has 4 rings (SSSR count). The molecule has 0 fully saturated rings. The average Bonchev–Trinajstić information content (AvgIpc) is 3.23. The van der Waals surface area contributed by atoms with E-state index >= 15 is 0 Å². The zero-order valence-corrected chi connectivity index (χ0v) is 18.5. The second kappa shape index (κ2) is 8.93. The van der Waals surface area contributed by atoms with Crippen molar-refractivity contribution in [2.45, 2.75) is 43.9 Å². The Morgan fingerprint density at radius 1 is 1.16 bits per heavy atom. The highest BCUT2D eigenvalue weighted by Gasteiger charge is 2.22. The van der Waals surface area contributed by atoms with Gasteiger partial charge in [-0.05, 0) is 79.1 Å². The van der Waals surface area contributed by atoms with E-state index in [1.807, 2.05) is 25.1 Å². The van der Waals surface area contributed by atoms with Crippen molar-refractivity contribution >= 4 is 26.5 Å². The lowest BCUT2D eigenvalue weighted by Gasteiger charge is -2.16. The van der Waals surface area contributed by atoms with Crippen molar-refractivity contribution in [3.05, 3.63) is 95.2 Å². The van der Waals surface area contributed by atoms with Crippen molar-refractivity contribution in [3.8, 4) is 0 Å². The van der Waals surface area contributed by atoms with Crippen molar-refractivity contribution in [2.75, 3.05) is 0 Å². The van der Waals surface area contributed by atoms with Gasteiger partial charge in [0.2, 0.25) is 0 Å². The van der Waals surface area contributed by atoms with Crippen LogP contribution in [0.15, 0.2) is 83.0 Å². The Labute approximate surface area is 184 Å². The minimum Gasteiger partial charge on any atom is -0.200 e. The predicted octanol–water partition coefficient (Wildman–Crippen LogP) is 5.44. The highest BCUT2D eigenvalue weighted by Crippen LogP contribution is 2.33. The largest absolute Gasteiger partial charge is 0.276 e. The van der Waals surface area contributed by atoms with Gasteiger partial charge < -0.3 is 0 Å². The summed E-state index contributed by atoms with van der Waals surface area (Å²) in [5.74, 6) is 0. The molecule has 4 nitrogen and oxygen atoms in total. The van der Waals surface area contributed by atoms with Crippen molar-refractivity contribution in [1.29, 1.82) is 0 Å². The summed E-state index contributed by atoms with van der Waals surface area (Å²) < 4.78 is 25.7. The van der Waals surface area contributed by atoms with Gasteiger partial charge >= 0.3 is 0 Å². The Balaban J connectivity index is 1.81. The number of aryl methyl sites for hydroxylation is 2. The molecule has 0 radical (unpaired) electrons. The second-order valence-electron chi connectivity index (χ2n) is 7.88. The van der Waals surface area contributed by atoms with E-state index in [0.717, 1.165) is 46.9 Å². The molecule has 5 heteroatoms. The van der Waals surface area contributed by atoms with Crippen molar-refractivity contribution < 1.29 is 8.42 Å². The van der Waals surface area contributed by atoms with Crippen LogP contribution in [0.4, 0.5) is 0 Å². The summed E-state index contributed by atoms with van der Waals surface area (Å²) in [6.45, 7) is 5.56. The topological polar surface area (TPSA) is 58.5 Å². The molecule has 1 aliphatic carbocycles. The molecule has 3 aromatic carbocycles. The van der Waals surface area contributed by atoms with Gasteiger partial charge in [-0.1, -0.05) is 54.6 Å². The first-order valence-electron chi connectivity index (χ1n) is 10.5. The van der Waals surface area contributed by atoms with Crippen LogP contribution in [-0.2, 0) is 22.9 Å². The Morgan fingerprint density at radius 2 is 1.94 bits per heavy atom. The van der Waals surface area contributed by atoms with E-state index in [1.54, 1.807) is 24.3 Å². The van der Waals surface area contributed by atoms with Crippen LogP contribution in [0.2, 0.25) is 0 Å². The van der Waals surface area contributed by atoms with E-state index < -0.39 is 10.0 Å². The lowest BCUT2D eigenvalue weighted by atomic mass is 9.91. The van der Waals surface area contributed by atoms with E-state index in [9.17, 15) is 8.42 Å². The summed E-state index contributed by atoms with van der Waals surface area (Å²) in [4.78, 5) is 2.69. The normalized spacial score (nSPS) is 13.6. The third-order valence-corrected chi connectivity index (χ3v) is 6.94. The molecule has 0 saturated heterocycles. The quantitative estimate of drug-likeness (QED) is 0.308. The van der Waals surface area contributed by atoms with Gasteiger partial charge in [-0.2, -0.15) is 18.4 Å². The van der Waals surface area contributed by atoms with Crippen molar-refractivity contribution in [3.63, 3.8) is 0 Å². The van der Waals surface area contributed by atoms with Crippen LogP contribution in [0.5, 0.6) is 0 Å². The molecule has 1 N–H and O–H groups in total. The summed E-state index contributed by atoms with van der Waals surface area (Å²) in [5, 5.41) is 6.74. The third kappa shape index (κ3) is 4.48. The molecule has 0 heterocycles. The molecule has 0 spiro atoms. The van der Waals surface area contributed by atoms with Crippen LogP contribution in [0.25, 0.3) is 10.8 Å². The molecule has 3 aromatic rings. The number of hydrogen-bond acceptors (Lipinski definition) is 3. The Hall–Kier alpha value is -3.14. The number of hydrogen-bond donors (Lipinski definition) is 1. The predicted molar refractivity (Wildman–Crippen MR) is 127 cm³/mol. The average molecular weight is 431 g/mol. The zero-order chi connectivity index (χ0) is 21.8. The Morgan fingerprint density at radius 3 is 2.71 bits per heavy atom. The number of rotatable bonds is 7. The second-order valence-corrected chi connectivity index (χ2v) is 9.54. The SMILES string of the molecule is C=C=CCCC(=NNS(=O)(=O)c1ccc(C)cc1)c1c2c(cc3ccccc13)CCC2. The van der Waals surface area contributed by atoms with E-state index in [-0.39, 0.29) is 4.90 Å². The molecule has 31 heavy (non-hydrogen) atoms. The summed E-state index contributed by atoms with van der Waals surface area (Å²) in [6, 6.07) is 17.3. The fraction of sp³-hybridized carbons (Fsp3) is 0.231. The highest BCUT2D eigenvalue weighted by molar-refractivity contribution is 7.89. The molecular formula is C26H26N2O2S. The first kappa shape index (κ1) is 21.1. The smallest absolute Gasteiger partial charge is 0.200 e. The maximum absolute atomic E-state index is 12.9. The standard InChI is InChI=1S/C26H26N2O2S/c1-3-4-5-13-25(27-28-31(29,30)22-16-14-19(2)15-17-22)26-23-11-7-6-9-20(23)18-21-10-8-12-24(21)26/h4,6-7,9,11,14-18,28H,1,5,8,10,12-13H2,2H3. The first-order valence-corrected chi connectivity index (χ1v) is 12.0. The van der Waals surface area contributed by atoms with Gasteiger partial charge in [0, 0.05) is 5.56 Å². The van der Waals surface area contributed by atoms with Crippen LogP contribution in [0.1, 0.15) is 41.5 Å². The Kier molecular flexibility index (Phi) is 6.08. The maximum Gasteiger partial charge on any atom is 0.276 e. The summed E-state index contributed by atoms with van der Waals surface area (Å²) in [5.41, 5.74) is 8.24. The van der Waals surface area contributed by atoms with Crippen molar-refractivity contribution in [2.24, 2.45) is 5.10 Å². The zero-order valence-electron chi connectivity index (χ0n) is 17.7. The van der Waals surface area contributed by atoms with Crippen molar-refractivity contribution in [1.82, 2.24) is 4.83 Å². The van der Waals surface area contributed by atoms with E-state index in [2.05, 4.69) is 40.4 Å². The Bertz CT molecular complexity index is 1300. The molecule has 0 unspecified atom stereocenters. The molecule has 0 atom stereocenters. The lowest BCUT2D eigenvalue weighted by Crippen LogP contribution is -2.21. The van der Waals surface area contributed by atoms with Gasteiger partial charge in [0.1, 0.15) is 0 Å².